The zero-order valence-corrected chi connectivity index (χ0v) is 12.8. The Morgan fingerprint density at radius 2 is 2.13 bits per heavy atom. The number of aliphatic hydroxyl groups is 1. The molecule has 3 N–H and O–H groups in total. The quantitative estimate of drug-likeness (QED) is 0.687. The topological polar surface area (TPSA) is 74.2 Å². The van der Waals surface area contributed by atoms with Gasteiger partial charge < -0.3 is 15.7 Å². The van der Waals surface area contributed by atoms with Crippen molar-refractivity contribution in [2.45, 2.75) is 6.10 Å². The minimum atomic E-state index is -1.11. The molecule has 2 aromatic carbocycles. The molecule has 7 heteroatoms. The fourth-order valence-corrected chi connectivity index (χ4v) is 2.80. The Bertz CT molecular complexity index is 837. The molecule has 23 heavy (non-hydrogen) atoms. The van der Waals surface area contributed by atoms with E-state index in [-0.39, 0.29) is 12.1 Å². The van der Waals surface area contributed by atoms with Gasteiger partial charge in [-0.1, -0.05) is 18.2 Å². The number of amides is 2. The maximum atomic E-state index is 13.5. The maximum Gasteiger partial charge on any atom is 0.319 e. The molecule has 1 heterocycles. The summed E-state index contributed by atoms with van der Waals surface area (Å²) in [5.41, 5.74) is 0.772. The molecule has 2 amide bonds. The van der Waals surface area contributed by atoms with Crippen molar-refractivity contribution in [3.8, 4) is 0 Å². The average Bonchev–Trinajstić information content (AvgIpc) is 3.01. The van der Waals surface area contributed by atoms with Gasteiger partial charge in [0.15, 0.2) is 0 Å². The van der Waals surface area contributed by atoms with Crippen molar-refractivity contribution in [3.05, 3.63) is 60.0 Å². The van der Waals surface area contributed by atoms with Gasteiger partial charge in [-0.15, -0.1) is 0 Å². The first-order chi connectivity index (χ1) is 11.1. The van der Waals surface area contributed by atoms with Crippen LogP contribution in [0.25, 0.3) is 10.1 Å². The largest absolute Gasteiger partial charge is 0.386 e. The molecule has 1 unspecified atom stereocenters. The molecule has 0 fully saturated rings. The number of halogens is 1. The monoisotopic (exact) mass is 331 g/mol. The second-order valence-electron chi connectivity index (χ2n) is 4.95. The lowest BCUT2D eigenvalue weighted by Crippen LogP contribution is -2.32. The molecule has 0 aliphatic carbocycles. The van der Waals surface area contributed by atoms with E-state index in [0.717, 1.165) is 10.1 Å². The molecule has 1 atom stereocenters. The van der Waals surface area contributed by atoms with Crippen LogP contribution in [0.4, 0.5) is 14.9 Å². The van der Waals surface area contributed by atoms with Gasteiger partial charge in [0.2, 0.25) is 0 Å². The van der Waals surface area contributed by atoms with Crippen molar-refractivity contribution >= 4 is 33.3 Å². The van der Waals surface area contributed by atoms with Gasteiger partial charge >= 0.3 is 6.03 Å². The smallest absolute Gasteiger partial charge is 0.319 e. The Hall–Kier alpha value is -2.51. The predicted octanol–water partition coefficient (Wildman–Crippen LogP) is 3.29. The molecule has 3 aromatic rings. The number of hydrogen-bond donors (Lipinski definition) is 3. The fourth-order valence-electron chi connectivity index (χ4n) is 2.17. The van der Waals surface area contributed by atoms with E-state index in [1.54, 1.807) is 24.4 Å². The van der Waals surface area contributed by atoms with Gasteiger partial charge in [-0.25, -0.2) is 9.18 Å². The fraction of sp³-hybridized carbons (Fsp3) is 0.125. The van der Waals surface area contributed by atoms with Crippen molar-refractivity contribution in [1.29, 1.82) is 0 Å². The van der Waals surface area contributed by atoms with Crippen LogP contribution in [0.15, 0.2) is 48.7 Å². The number of benzene rings is 2. The molecule has 1 aromatic heterocycles. The van der Waals surface area contributed by atoms with Gasteiger partial charge in [0.05, 0.1) is 10.8 Å². The molecule has 5 nitrogen and oxygen atoms in total. The molecule has 0 aliphatic rings. The number of urea groups is 1. The summed E-state index contributed by atoms with van der Waals surface area (Å²) in [7, 11) is 0. The normalized spacial score (nSPS) is 12.1. The second kappa shape index (κ2) is 6.72. The lowest BCUT2D eigenvalue weighted by atomic mass is 10.1. The van der Waals surface area contributed by atoms with Crippen LogP contribution in [0, 0.1) is 5.82 Å². The lowest BCUT2D eigenvalue weighted by molar-refractivity contribution is 0.170. The highest BCUT2D eigenvalue weighted by Crippen LogP contribution is 2.22. The van der Waals surface area contributed by atoms with Crippen LogP contribution in [-0.4, -0.2) is 22.1 Å². The van der Waals surface area contributed by atoms with Gasteiger partial charge in [-0.2, -0.15) is 4.37 Å². The Labute approximate surface area is 135 Å². The van der Waals surface area contributed by atoms with E-state index >= 15 is 0 Å². The van der Waals surface area contributed by atoms with E-state index in [1.807, 2.05) is 12.1 Å². The highest BCUT2D eigenvalue weighted by Gasteiger charge is 2.13. The van der Waals surface area contributed by atoms with Gasteiger partial charge in [0.25, 0.3) is 0 Å². The third-order valence-electron chi connectivity index (χ3n) is 3.33. The highest BCUT2D eigenvalue weighted by molar-refractivity contribution is 7.13. The number of carbonyl (C=O) groups excluding carboxylic acids is 1. The Kier molecular flexibility index (Phi) is 4.50. The summed E-state index contributed by atoms with van der Waals surface area (Å²) >= 11 is 1.38. The Morgan fingerprint density at radius 3 is 2.96 bits per heavy atom. The standard InChI is InChI=1S/C16H14FN3O2S/c17-13-4-2-1-3-12(13)14(21)9-18-16(22)20-11-5-6-15-10(7-11)8-19-23-15/h1-8,14,21H,9H2,(H2,18,20,22). The van der Waals surface area contributed by atoms with Crippen molar-refractivity contribution in [3.63, 3.8) is 0 Å². The highest BCUT2D eigenvalue weighted by atomic mass is 32.1. The first kappa shape index (κ1) is 15.4. The predicted molar refractivity (Wildman–Crippen MR) is 88.0 cm³/mol. The van der Waals surface area contributed by atoms with E-state index in [1.165, 1.54) is 23.7 Å². The van der Waals surface area contributed by atoms with E-state index in [9.17, 15) is 14.3 Å². The van der Waals surface area contributed by atoms with Crippen LogP contribution in [0.1, 0.15) is 11.7 Å². The minimum absolute atomic E-state index is 0.0883. The molecule has 0 saturated heterocycles. The molecule has 3 rings (SSSR count). The maximum absolute atomic E-state index is 13.5. The summed E-state index contributed by atoms with van der Waals surface area (Å²) in [5, 5.41) is 16.1. The summed E-state index contributed by atoms with van der Waals surface area (Å²) in [5.74, 6) is -0.502. The van der Waals surface area contributed by atoms with Crippen LogP contribution >= 0.6 is 11.5 Å². The number of rotatable bonds is 4. The van der Waals surface area contributed by atoms with E-state index in [2.05, 4.69) is 15.0 Å². The summed E-state index contributed by atoms with van der Waals surface area (Å²) in [4.78, 5) is 11.9. The van der Waals surface area contributed by atoms with Crippen molar-refractivity contribution in [2.75, 3.05) is 11.9 Å². The number of nitrogens with one attached hydrogen (secondary N) is 2. The first-order valence-corrected chi connectivity index (χ1v) is 7.72. The molecule has 118 valence electrons. The molecular formula is C16H14FN3O2S. The van der Waals surface area contributed by atoms with Gasteiger partial charge in [-0.3, -0.25) is 0 Å². The third-order valence-corrected chi connectivity index (χ3v) is 4.11. The van der Waals surface area contributed by atoms with Crippen LogP contribution in [-0.2, 0) is 0 Å². The second-order valence-corrected chi connectivity index (χ2v) is 5.78. The molecular weight excluding hydrogens is 317 g/mol. The van der Waals surface area contributed by atoms with Gasteiger partial charge in [0.1, 0.15) is 5.82 Å². The first-order valence-electron chi connectivity index (χ1n) is 6.95. The van der Waals surface area contributed by atoms with E-state index < -0.39 is 18.0 Å². The zero-order valence-electron chi connectivity index (χ0n) is 12.0. The number of hydrogen-bond acceptors (Lipinski definition) is 4. The minimum Gasteiger partial charge on any atom is -0.386 e. The van der Waals surface area contributed by atoms with Crippen LogP contribution in [0.5, 0.6) is 0 Å². The average molecular weight is 331 g/mol. The van der Waals surface area contributed by atoms with Crippen LogP contribution < -0.4 is 10.6 Å². The lowest BCUT2D eigenvalue weighted by Gasteiger charge is -2.13. The summed E-state index contributed by atoms with van der Waals surface area (Å²) < 4.78 is 18.6. The molecule has 0 saturated carbocycles. The molecule has 0 aliphatic heterocycles. The number of aliphatic hydroxyl groups excluding tert-OH is 1. The summed E-state index contributed by atoms with van der Waals surface area (Å²) in [6, 6.07) is 10.9. The summed E-state index contributed by atoms with van der Waals surface area (Å²) in [6.45, 7) is -0.0883. The SMILES string of the molecule is O=C(NCC(O)c1ccccc1F)Nc1ccc2sncc2c1. The van der Waals surface area contributed by atoms with E-state index in [0.29, 0.717) is 5.69 Å². The number of carbonyl (C=O) groups is 1. The van der Waals surface area contributed by atoms with Crippen molar-refractivity contribution < 1.29 is 14.3 Å². The molecule has 0 spiro atoms. The third kappa shape index (κ3) is 3.64. The Morgan fingerprint density at radius 1 is 1.30 bits per heavy atom. The molecule has 0 bridgehead atoms. The van der Waals surface area contributed by atoms with Crippen molar-refractivity contribution in [2.24, 2.45) is 0 Å². The Balaban J connectivity index is 1.58. The van der Waals surface area contributed by atoms with E-state index in [4.69, 9.17) is 0 Å². The van der Waals surface area contributed by atoms with Crippen LogP contribution in [0.2, 0.25) is 0 Å². The number of nitrogens with zero attached hydrogens (tertiary/aromatic N) is 1. The van der Waals surface area contributed by atoms with Crippen LogP contribution in [0.3, 0.4) is 0 Å². The number of anilines is 1. The summed E-state index contributed by atoms with van der Waals surface area (Å²) in [6.07, 6.45) is 0.621. The number of aromatic nitrogens is 1. The number of fused-ring (bicyclic) bond motifs is 1. The molecule has 0 radical (unpaired) electrons. The van der Waals surface area contributed by atoms with Crippen molar-refractivity contribution in [1.82, 2.24) is 9.69 Å². The van der Waals surface area contributed by atoms with Gasteiger partial charge in [0, 0.05) is 29.4 Å². The zero-order chi connectivity index (χ0) is 16.2. The van der Waals surface area contributed by atoms with Gasteiger partial charge in [-0.05, 0) is 35.8 Å².